The van der Waals surface area contributed by atoms with Crippen LogP contribution in [0.1, 0.15) is 65.5 Å². The highest BCUT2D eigenvalue weighted by Crippen LogP contribution is 2.40. The fourth-order valence-electron chi connectivity index (χ4n) is 6.53. The molecule has 47 heavy (non-hydrogen) atoms. The Labute approximate surface area is 278 Å². The highest BCUT2D eigenvalue weighted by Gasteiger charge is 2.54. The summed E-state index contributed by atoms with van der Waals surface area (Å²) in [4.78, 5) is 54.2. The lowest BCUT2D eigenvalue weighted by Crippen LogP contribution is -2.68. The first kappa shape index (κ1) is 37.4. The summed E-state index contributed by atoms with van der Waals surface area (Å²) in [6, 6.07) is 17.4. The van der Waals surface area contributed by atoms with E-state index in [9.17, 15) is 24.3 Å². The lowest BCUT2D eigenvalue weighted by molar-refractivity contribution is -0.166. The van der Waals surface area contributed by atoms with Crippen LogP contribution < -0.4 is 11.1 Å². The number of nitrogens with one attached hydrogen (secondary N) is 1. The largest absolute Gasteiger partial charge is 0.467 e. The maximum Gasteiger partial charge on any atom is 0.407 e. The van der Waals surface area contributed by atoms with Crippen LogP contribution in [-0.2, 0) is 36.9 Å². The summed E-state index contributed by atoms with van der Waals surface area (Å²) in [7, 11) is 1.21. The van der Waals surface area contributed by atoms with E-state index in [1.54, 1.807) is 27.7 Å². The molecule has 2 aromatic rings. The van der Waals surface area contributed by atoms with E-state index in [2.05, 4.69) is 5.32 Å². The summed E-state index contributed by atoms with van der Waals surface area (Å²) in [5, 5.41) is 15.0. The smallest absolute Gasteiger partial charge is 0.407 e. The van der Waals surface area contributed by atoms with Crippen molar-refractivity contribution in [1.82, 2.24) is 10.2 Å². The van der Waals surface area contributed by atoms with Crippen molar-refractivity contribution in [3.63, 3.8) is 0 Å². The summed E-state index contributed by atoms with van der Waals surface area (Å²) < 4.78 is 10.4. The van der Waals surface area contributed by atoms with Gasteiger partial charge in [0.15, 0.2) is 0 Å². The van der Waals surface area contributed by atoms with Crippen molar-refractivity contribution < 1.29 is 33.8 Å². The molecule has 3 amide bonds. The number of methoxy groups -OCH3 is 1. The number of alkyl carbamates (subject to hydrolysis) is 1. The molecule has 1 aliphatic carbocycles. The molecule has 0 radical (unpaired) electrons. The number of amides is 3. The molecule has 3 unspecified atom stereocenters. The van der Waals surface area contributed by atoms with Gasteiger partial charge in [0.25, 0.3) is 5.91 Å². The van der Waals surface area contributed by atoms with Gasteiger partial charge in [0.05, 0.1) is 19.3 Å². The lowest BCUT2D eigenvalue weighted by Gasteiger charge is -2.46. The predicted octanol–water partition coefficient (Wildman–Crippen LogP) is 4.78. The number of aliphatic hydroxyl groups excluding tert-OH is 1. The van der Waals surface area contributed by atoms with Crippen LogP contribution in [0.25, 0.3) is 0 Å². The molecule has 256 valence electrons. The number of rotatable bonds is 12. The first-order chi connectivity index (χ1) is 22.2. The molecule has 0 fully saturated rings. The molecule has 0 aliphatic heterocycles. The standard InChI is InChI=1S/C37H51N3O7/c1-23(2)32(34(43)46-7)40(26(6)41)35(44)37(38,24(3)4)31-19-18-29(21-30(33(31)42)20-27-14-10-8-11-15-27)25(5)39-36(45)47-22-28-16-12-9-13-17-28/h8-17,21,23-25,30-33,42H,18-20,22,38H2,1-7H3,(H,39,45)/t25-,30?,31?,32-,33?,37+/m0/s1. The number of esters is 1. The first-order valence-electron chi connectivity index (χ1n) is 16.3. The predicted molar refractivity (Wildman–Crippen MR) is 180 cm³/mol. The third-order valence-electron chi connectivity index (χ3n) is 9.29. The molecule has 0 bridgehead atoms. The number of nitrogens with zero attached hydrogens (tertiary/aromatic N) is 1. The third-order valence-corrected chi connectivity index (χ3v) is 9.29. The van der Waals surface area contributed by atoms with Crippen molar-refractivity contribution in [2.45, 2.75) is 91.1 Å². The van der Waals surface area contributed by atoms with E-state index in [1.807, 2.05) is 73.7 Å². The summed E-state index contributed by atoms with van der Waals surface area (Å²) in [5.41, 5.74) is 8.10. The second-order valence-corrected chi connectivity index (χ2v) is 13.2. The second kappa shape index (κ2) is 16.7. The molecule has 0 spiro atoms. The van der Waals surface area contributed by atoms with Gasteiger partial charge in [0.1, 0.15) is 18.2 Å². The zero-order valence-corrected chi connectivity index (χ0v) is 28.6. The number of imide groups is 1. The van der Waals surface area contributed by atoms with Gasteiger partial charge in [0.2, 0.25) is 5.91 Å². The quantitative estimate of drug-likeness (QED) is 0.220. The number of carbonyl (C=O) groups excluding carboxylic acids is 4. The topological polar surface area (TPSA) is 148 Å². The Kier molecular flexibility index (Phi) is 13.3. The van der Waals surface area contributed by atoms with Crippen molar-refractivity contribution in [2.75, 3.05) is 7.11 Å². The Bertz CT molecular complexity index is 1400. The van der Waals surface area contributed by atoms with E-state index in [4.69, 9.17) is 15.2 Å². The van der Waals surface area contributed by atoms with Crippen molar-refractivity contribution in [2.24, 2.45) is 29.4 Å². The number of benzene rings is 2. The number of aliphatic hydroxyl groups is 1. The number of ether oxygens (including phenoxy) is 2. The van der Waals surface area contributed by atoms with Crippen LogP contribution >= 0.6 is 0 Å². The zero-order valence-electron chi connectivity index (χ0n) is 28.6. The fourth-order valence-corrected chi connectivity index (χ4v) is 6.53. The van der Waals surface area contributed by atoms with Gasteiger partial charge >= 0.3 is 12.1 Å². The number of hydrogen-bond donors (Lipinski definition) is 3. The summed E-state index contributed by atoms with van der Waals surface area (Å²) in [5.74, 6) is -4.34. The van der Waals surface area contributed by atoms with Crippen LogP contribution in [0.2, 0.25) is 0 Å². The molecular formula is C37H51N3O7. The third kappa shape index (κ3) is 9.08. The van der Waals surface area contributed by atoms with Gasteiger partial charge in [-0.05, 0) is 49.1 Å². The van der Waals surface area contributed by atoms with E-state index in [0.717, 1.165) is 21.6 Å². The van der Waals surface area contributed by atoms with Crippen LogP contribution in [0.5, 0.6) is 0 Å². The van der Waals surface area contributed by atoms with Crippen molar-refractivity contribution in [3.8, 4) is 0 Å². The van der Waals surface area contributed by atoms with Gasteiger partial charge in [-0.3, -0.25) is 14.5 Å². The molecule has 0 heterocycles. The Morgan fingerprint density at radius 1 is 0.979 bits per heavy atom. The van der Waals surface area contributed by atoms with Crippen LogP contribution in [0.15, 0.2) is 72.3 Å². The summed E-state index contributed by atoms with van der Waals surface area (Å²) in [6.07, 6.45) is 1.46. The molecule has 6 atom stereocenters. The molecule has 1 aliphatic rings. The number of hydrogen-bond acceptors (Lipinski definition) is 8. The van der Waals surface area contributed by atoms with Crippen LogP contribution in [0.3, 0.4) is 0 Å². The fraction of sp³-hybridized carbons (Fsp3) is 0.514. The van der Waals surface area contributed by atoms with Crippen LogP contribution in [-0.4, -0.2) is 64.7 Å². The SMILES string of the molecule is COC(=O)[C@H](C(C)C)N(C(C)=O)C(=O)[C@@](N)(C(C)C)C1CCC([C@H](C)NC(=O)OCc2ccccc2)=CC(Cc2ccccc2)C1O. The Morgan fingerprint density at radius 2 is 1.55 bits per heavy atom. The molecule has 2 aromatic carbocycles. The lowest BCUT2D eigenvalue weighted by atomic mass is 9.68. The Balaban J connectivity index is 1.98. The van der Waals surface area contributed by atoms with Crippen molar-refractivity contribution >= 4 is 23.9 Å². The minimum Gasteiger partial charge on any atom is -0.467 e. The second-order valence-electron chi connectivity index (χ2n) is 13.2. The first-order valence-corrected chi connectivity index (χ1v) is 16.3. The molecule has 10 heteroatoms. The molecule has 0 aromatic heterocycles. The van der Waals surface area contributed by atoms with Gasteiger partial charge < -0.3 is 25.6 Å². The van der Waals surface area contributed by atoms with Crippen molar-refractivity contribution in [3.05, 3.63) is 83.4 Å². The zero-order chi connectivity index (χ0) is 34.9. The molecule has 4 N–H and O–H groups in total. The molecule has 3 rings (SSSR count). The molecule has 10 nitrogen and oxygen atoms in total. The maximum absolute atomic E-state index is 14.6. The van der Waals surface area contributed by atoms with Crippen molar-refractivity contribution in [1.29, 1.82) is 0 Å². The summed E-state index contributed by atoms with van der Waals surface area (Å²) in [6.45, 7) is 10.2. The minimum atomic E-state index is -1.73. The van der Waals surface area contributed by atoms with E-state index in [1.165, 1.54) is 14.0 Å². The van der Waals surface area contributed by atoms with Crippen LogP contribution in [0, 0.1) is 23.7 Å². The highest BCUT2D eigenvalue weighted by molar-refractivity contribution is 6.03. The van der Waals surface area contributed by atoms with Gasteiger partial charge in [-0.15, -0.1) is 0 Å². The monoisotopic (exact) mass is 649 g/mol. The number of carbonyl (C=O) groups is 4. The van der Waals surface area contributed by atoms with Gasteiger partial charge in [0, 0.05) is 18.8 Å². The van der Waals surface area contributed by atoms with Gasteiger partial charge in [-0.1, -0.05) is 100 Å². The average Bonchev–Trinajstić information content (AvgIpc) is 3.20. The number of nitrogens with two attached hydrogens (primary N) is 1. The van der Waals surface area contributed by atoms with E-state index in [-0.39, 0.29) is 6.61 Å². The average molecular weight is 650 g/mol. The van der Waals surface area contributed by atoms with Gasteiger partial charge in [-0.25, -0.2) is 9.59 Å². The molecular weight excluding hydrogens is 598 g/mol. The maximum atomic E-state index is 14.6. The Hall–Kier alpha value is -4.02. The van der Waals surface area contributed by atoms with Crippen LogP contribution in [0.4, 0.5) is 4.79 Å². The highest BCUT2D eigenvalue weighted by atomic mass is 16.5. The van der Waals surface area contributed by atoms with E-state index < -0.39 is 71.3 Å². The van der Waals surface area contributed by atoms with E-state index in [0.29, 0.717) is 19.3 Å². The van der Waals surface area contributed by atoms with E-state index >= 15 is 0 Å². The normalized spacial score (nSPS) is 20.7. The Morgan fingerprint density at radius 3 is 2.06 bits per heavy atom. The molecule has 0 saturated carbocycles. The minimum absolute atomic E-state index is 0.123. The molecule has 0 saturated heterocycles. The summed E-state index contributed by atoms with van der Waals surface area (Å²) >= 11 is 0. The van der Waals surface area contributed by atoms with Gasteiger partial charge in [-0.2, -0.15) is 0 Å².